The quantitative estimate of drug-likeness (QED) is 0.526. The molecule has 0 saturated carbocycles. The summed E-state index contributed by atoms with van der Waals surface area (Å²) in [5, 5.41) is 2.95. The van der Waals surface area contributed by atoms with Crippen molar-refractivity contribution >= 4 is 34.4 Å². The molecule has 2 amide bonds. The van der Waals surface area contributed by atoms with Crippen molar-refractivity contribution in [2.24, 2.45) is 0 Å². The fourth-order valence-electron chi connectivity index (χ4n) is 4.49. The number of nitrogens with one attached hydrogen (secondary N) is 1. The van der Waals surface area contributed by atoms with Crippen LogP contribution in [0.25, 0.3) is 22.3 Å². The molecule has 1 fully saturated rings. The van der Waals surface area contributed by atoms with Gasteiger partial charge in [-0.2, -0.15) is 0 Å². The highest BCUT2D eigenvalue weighted by Crippen LogP contribution is 2.40. The smallest absolute Gasteiger partial charge is 0.329 e. The molecule has 0 aromatic carbocycles. The number of hydrogen-bond acceptors (Lipinski definition) is 7. The summed E-state index contributed by atoms with van der Waals surface area (Å²) in [6, 6.07) is 9.54. The molecule has 9 heteroatoms. The third-order valence-electron chi connectivity index (χ3n) is 5.98. The van der Waals surface area contributed by atoms with E-state index in [2.05, 4.69) is 36.2 Å². The Kier molecular flexibility index (Phi) is 4.20. The summed E-state index contributed by atoms with van der Waals surface area (Å²) in [6.45, 7) is 3.64. The highest BCUT2D eigenvalue weighted by atomic mass is 16.2. The van der Waals surface area contributed by atoms with Gasteiger partial charge in [0.2, 0.25) is 0 Å². The van der Waals surface area contributed by atoms with Gasteiger partial charge >= 0.3 is 6.03 Å². The molecule has 2 bridgehead atoms. The Balaban J connectivity index is 1.40. The maximum absolute atomic E-state index is 13.5. The van der Waals surface area contributed by atoms with E-state index in [1.54, 1.807) is 35.8 Å². The summed E-state index contributed by atoms with van der Waals surface area (Å²) in [5.41, 5.74) is 4.90. The molecule has 6 rings (SSSR count). The van der Waals surface area contributed by atoms with E-state index < -0.39 is 0 Å². The van der Waals surface area contributed by atoms with Gasteiger partial charge in [0.05, 0.1) is 22.9 Å². The van der Waals surface area contributed by atoms with E-state index in [1.165, 1.54) is 0 Å². The van der Waals surface area contributed by atoms with Gasteiger partial charge in [-0.1, -0.05) is 0 Å². The van der Waals surface area contributed by atoms with Gasteiger partial charge in [-0.05, 0) is 43.7 Å². The Hall–Kier alpha value is -4.14. The topological polar surface area (TPSA) is 100 Å². The van der Waals surface area contributed by atoms with Gasteiger partial charge in [0, 0.05) is 49.1 Å². The van der Waals surface area contributed by atoms with Crippen molar-refractivity contribution in [2.75, 3.05) is 28.2 Å². The van der Waals surface area contributed by atoms with Crippen LogP contribution in [0.1, 0.15) is 12.1 Å². The molecule has 4 aromatic rings. The predicted molar refractivity (Wildman–Crippen MR) is 122 cm³/mol. The van der Waals surface area contributed by atoms with Crippen LogP contribution in [-0.4, -0.2) is 50.1 Å². The SMILES string of the molecule is Cc1cc(-c2ccc3c(n2)N(C(=O)Nc2nccc4nccnc24)[C@H]2CCN3C2)ccn1. The van der Waals surface area contributed by atoms with Crippen LogP contribution in [0.2, 0.25) is 0 Å². The number of fused-ring (bicyclic) bond motifs is 5. The monoisotopic (exact) mass is 424 g/mol. The van der Waals surface area contributed by atoms with Gasteiger partial charge in [-0.25, -0.2) is 19.7 Å². The second-order valence-corrected chi connectivity index (χ2v) is 8.00. The zero-order chi connectivity index (χ0) is 21.7. The summed E-state index contributed by atoms with van der Waals surface area (Å²) in [6.07, 6.45) is 7.49. The van der Waals surface area contributed by atoms with Crippen molar-refractivity contribution < 1.29 is 4.79 Å². The Morgan fingerprint density at radius 1 is 1.03 bits per heavy atom. The van der Waals surface area contributed by atoms with E-state index in [4.69, 9.17) is 4.98 Å². The Labute approximate surface area is 184 Å². The van der Waals surface area contributed by atoms with Gasteiger partial charge in [-0.3, -0.25) is 20.2 Å². The minimum absolute atomic E-state index is 0.0467. The first-order chi connectivity index (χ1) is 15.7. The lowest BCUT2D eigenvalue weighted by Crippen LogP contribution is -2.48. The molecule has 0 radical (unpaired) electrons. The lowest BCUT2D eigenvalue weighted by molar-refractivity contribution is 0.255. The number of amides is 2. The molecule has 0 aliphatic carbocycles. The number of carbonyl (C=O) groups is 1. The Morgan fingerprint density at radius 2 is 1.91 bits per heavy atom. The van der Waals surface area contributed by atoms with Gasteiger partial charge in [-0.15, -0.1) is 0 Å². The van der Waals surface area contributed by atoms with Crippen molar-refractivity contribution in [1.29, 1.82) is 0 Å². The first-order valence-electron chi connectivity index (χ1n) is 10.5. The molecular weight excluding hydrogens is 404 g/mol. The van der Waals surface area contributed by atoms with Crippen molar-refractivity contribution in [3.05, 3.63) is 60.8 Å². The molecule has 32 heavy (non-hydrogen) atoms. The first kappa shape index (κ1) is 18.6. The average Bonchev–Trinajstić information content (AvgIpc) is 3.23. The van der Waals surface area contributed by atoms with E-state index in [0.29, 0.717) is 22.7 Å². The molecule has 0 spiro atoms. The molecule has 2 aliphatic rings. The van der Waals surface area contributed by atoms with E-state index >= 15 is 0 Å². The van der Waals surface area contributed by atoms with E-state index in [1.807, 2.05) is 25.1 Å². The summed E-state index contributed by atoms with van der Waals surface area (Å²) < 4.78 is 0. The van der Waals surface area contributed by atoms with Gasteiger partial charge in [0.25, 0.3) is 0 Å². The molecule has 0 unspecified atom stereocenters. The average molecular weight is 424 g/mol. The molecule has 1 atom stereocenters. The van der Waals surface area contributed by atoms with E-state index in [-0.39, 0.29) is 12.1 Å². The van der Waals surface area contributed by atoms with Crippen LogP contribution < -0.4 is 15.1 Å². The van der Waals surface area contributed by atoms with Crippen molar-refractivity contribution in [1.82, 2.24) is 24.9 Å². The van der Waals surface area contributed by atoms with Crippen LogP contribution in [0, 0.1) is 6.92 Å². The van der Waals surface area contributed by atoms with Crippen LogP contribution in [0.3, 0.4) is 0 Å². The minimum atomic E-state index is -0.265. The number of carbonyl (C=O) groups excluding carboxylic acids is 1. The number of anilines is 3. The maximum Gasteiger partial charge on any atom is 0.329 e. The van der Waals surface area contributed by atoms with E-state index in [0.717, 1.165) is 42.1 Å². The number of nitrogens with zero attached hydrogens (tertiary/aromatic N) is 7. The molecule has 6 heterocycles. The number of pyridine rings is 3. The second-order valence-electron chi connectivity index (χ2n) is 8.00. The fraction of sp³-hybridized carbons (Fsp3) is 0.217. The van der Waals surface area contributed by atoms with Crippen LogP contribution in [-0.2, 0) is 0 Å². The lowest BCUT2D eigenvalue weighted by atomic mass is 10.1. The third-order valence-corrected chi connectivity index (χ3v) is 5.98. The Bertz CT molecular complexity index is 1350. The molecule has 1 saturated heterocycles. The van der Waals surface area contributed by atoms with Crippen molar-refractivity contribution in [3.63, 3.8) is 0 Å². The number of hydrogen-bond donors (Lipinski definition) is 1. The summed E-state index contributed by atoms with van der Waals surface area (Å²) >= 11 is 0. The van der Waals surface area contributed by atoms with Gasteiger partial charge in [0.1, 0.15) is 5.52 Å². The highest BCUT2D eigenvalue weighted by molar-refractivity contribution is 6.07. The number of aromatic nitrogens is 5. The van der Waals surface area contributed by atoms with Crippen LogP contribution in [0.15, 0.2) is 55.1 Å². The van der Waals surface area contributed by atoms with Gasteiger partial charge in [0.15, 0.2) is 11.6 Å². The summed E-state index contributed by atoms with van der Waals surface area (Å²) in [5.74, 6) is 1.05. The summed E-state index contributed by atoms with van der Waals surface area (Å²) in [7, 11) is 0. The van der Waals surface area contributed by atoms with Crippen LogP contribution >= 0.6 is 0 Å². The second kappa shape index (κ2) is 7.23. The predicted octanol–water partition coefficient (Wildman–Crippen LogP) is 3.42. The Morgan fingerprint density at radius 3 is 2.81 bits per heavy atom. The normalized spacial score (nSPS) is 16.8. The number of urea groups is 1. The largest absolute Gasteiger partial charge is 0.366 e. The van der Waals surface area contributed by atoms with Gasteiger partial charge < -0.3 is 4.90 Å². The maximum atomic E-state index is 13.5. The zero-order valence-electron chi connectivity index (χ0n) is 17.4. The first-order valence-corrected chi connectivity index (χ1v) is 10.5. The molecule has 4 aromatic heterocycles. The zero-order valence-corrected chi connectivity index (χ0v) is 17.4. The number of rotatable bonds is 2. The van der Waals surface area contributed by atoms with Crippen molar-refractivity contribution in [3.8, 4) is 11.3 Å². The molecular formula is C23H20N8O. The molecule has 158 valence electrons. The minimum Gasteiger partial charge on any atom is -0.366 e. The van der Waals surface area contributed by atoms with E-state index in [9.17, 15) is 4.79 Å². The number of aryl methyl sites for hydroxylation is 1. The molecule has 9 nitrogen and oxygen atoms in total. The highest BCUT2D eigenvalue weighted by Gasteiger charge is 2.40. The molecule has 1 N–H and O–H groups in total. The third kappa shape index (κ3) is 3.01. The summed E-state index contributed by atoms with van der Waals surface area (Å²) in [4.78, 5) is 39.8. The van der Waals surface area contributed by atoms with Crippen LogP contribution in [0.4, 0.5) is 22.1 Å². The standard InChI is InChI=1S/C23H20N8O/c1-14-12-15(4-7-24-14)17-2-3-19-22(28-17)31(16-6-11-30(19)13-16)23(32)29-21-20-18(5-8-27-21)25-9-10-26-20/h2-5,7-10,12,16H,6,11,13H2,1H3,(H,27,29,32)/t16-/m0/s1. The fourth-order valence-corrected chi connectivity index (χ4v) is 4.49. The van der Waals surface area contributed by atoms with Crippen LogP contribution in [0.5, 0.6) is 0 Å². The van der Waals surface area contributed by atoms with Crippen molar-refractivity contribution in [2.45, 2.75) is 19.4 Å². The molecule has 2 aliphatic heterocycles. The lowest BCUT2D eigenvalue weighted by Gasteiger charge is -2.35.